The van der Waals surface area contributed by atoms with E-state index < -0.39 is 0 Å². The molecule has 0 saturated carbocycles. The van der Waals surface area contributed by atoms with E-state index in [-0.39, 0.29) is 0 Å². The average Bonchev–Trinajstić information content (AvgIpc) is 2.51. The van der Waals surface area contributed by atoms with Crippen LogP contribution >= 0.6 is 22.6 Å². The molecule has 0 bridgehead atoms. The molecule has 0 radical (unpaired) electrons. The van der Waals surface area contributed by atoms with E-state index in [2.05, 4.69) is 32.7 Å². The Hall–Kier alpha value is -1.11. The van der Waals surface area contributed by atoms with Crippen molar-refractivity contribution in [1.29, 1.82) is 0 Å². The summed E-state index contributed by atoms with van der Waals surface area (Å²) in [5.74, 6) is 0.546. The number of nitrogens with two attached hydrogens (primary N) is 1. The molecule has 0 fully saturated rings. The predicted octanol–water partition coefficient (Wildman–Crippen LogP) is 1.51. The highest BCUT2D eigenvalue weighted by Gasteiger charge is 1.97. The number of rotatable bonds is 2. The van der Waals surface area contributed by atoms with Gasteiger partial charge in [-0.1, -0.05) is 0 Å². The van der Waals surface area contributed by atoms with E-state index in [4.69, 9.17) is 5.73 Å². The lowest BCUT2D eigenvalue weighted by Gasteiger charge is -2.01. The van der Waals surface area contributed by atoms with Gasteiger partial charge in [0, 0.05) is 12.4 Å². The minimum atomic E-state index is 0.546. The third-order valence-electron chi connectivity index (χ3n) is 1.79. The first-order valence-electron chi connectivity index (χ1n) is 4.12. The van der Waals surface area contributed by atoms with Crippen LogP contribution < -0.4 is 5.73 Å². The zero-order chi connectivity index (χ0) is 9.97. The van der Waals surface area contributed by atoms with Crippen molar-refractivity contribution in [2.24, 2.45) is 0 Å². The van der Waals surface area contributed by atoms with Crippen molar-refractivity contribution >= 4 is 28.4 Å². The zero-order valence-electron chi connectivity index (χ0n) is 7.39. The molecule has 0 amide bonds. The molecular formula is C9H9IN4. The maximum absolute atomic E-state index is 5.58. The quantitative estimate of drug-likeness (QED) is 0.855. The minimum absolute atomic E-state index is 0.546. The highest BCUT2D eigenvalue weighted by molar-refractivity contribution is 14.1. The summed E-state index contributed by atoms with van der Waals surface area (Å²) >= 11 is 2.23. The van der Waals surface area contributed by atoms with Crippen molar-refractivity contribution in [3.63, 3.8) is 0 Å². The molecule has 0 aliphatic heterocycles. The molecule has 0 unspecified atom stereocenters. The van der Waals surface area contributed by atoms with Gasteiger partial charge in [-0.2, -0.15) is 5.10 Å². The number of pyridine rings is 1. The topological polar surface area (TPSA) is 56.7 Å². The Morgan fingerprint density at radius 2 is 2.36 bits per heavy atom. The molecule has 0 aromatic carbocycles. The van der Waals surface area contributed by atoms with Crippen molar-refractivity contribution in [3.05, 3.63) is 39.9 Å². The molecule has 2 heterocycles. The highest BCUT2D eigenvalue weighted by Crippen LogP contribution is 2.07. The summed E-state index contributed by atoms with van der Waals surface area (Å²) in [7, 11) is 0. The lowest BCUT2D eigenvalue weighted by Crippen LogP contribution is -2.01. The molecule has 0 aliphatic rings. The van der Waals surface area contributed by atoms with Crippen LogP contribution in [0.5, 0.6) is 0 Å². The van der Waals surface area contributed by atoms with Gasteiger partial charge in [0.05, 0.1) is 16.3 Å². The van der Waals surface area contributed by atoms with Gasteiger partial charge < -0.3 is 5.73 Å². The van der Waals surface area contributed by atoms with Gasteiger partial charge in [-0.3, -0.25) is 4.68 Å². The summed E-state index contributed by atoms with van der Waals surface area (Å²) in [4.78, 5) is 3.93. The van der Waals surface area contributed by atoms with E-state index in [1.165, 1.54) is 0 Å². The molecule has 72 valence electrons. The van der Waals surface area contributed by atoms with Gasteiger partial charge in [0.2, 0.25) is 0 Å². The Morgan fingerprint density at radius 1 is 1.50 bits per heavy atom. The predicted molar refractivity (Wildman–Crippen MR) is 62.7 cm³/mol. The molecule has 14 heavy (non-hydrogen) atoms. The Morgan fingerprint density at radius 3 is 3.00 bits per heavy atom. The Kier molecular flexibility index (Phi) is 2.67. The first-order chi connectivity index (χ1) is 6.74. The minimum Gasteiger partial charge on any atom is -0.384 e. The number of nitrogen functional groups attached to an aromatic ring is 1. The van der Waals surface area contributed by atoms with Gasteiger partial charge in [-0.15, -0.1) is 0 Å². The van der Waals surface area contributed by atoms with E-state index in [1.54, 1.807) is 6.20 Å². The fraction of sp³-hybridized carbons (Fsp3) is 0.111. The molecule has 0 atom stereocenters. The van der Waals surface area contributed by atoms with Crippen molar-refractivity contribution in [1.82, 2.24) is 14.8 Å². The van der Waals surface area contributed by atoms with Crippen molar-refractivity contribution in [2.75, 3.05) is 5.73 Å². The Labute approximate surface area is 95.3 Å². The zero-order valence-corrected chi connectivity index (χ0v) is 9.55. The van der Waals surface area contributed by atoms with Gasteiger partial charge >= 0.3 is 0 Å². The summed E-state index contributed by atoms with van der Waals surface area (Å²) in [5.41, 5.74) is 6.68. The number of hydrogen-bond acceptors (Lipinski definition) is 3. The Bertz CT molecular complexity index is 438. The van der Waals surface area contributed by atoms with Gasteiger partial charge in [0.25, 0.3) is 0 Å². The second kappa shape index (κ2) is 3.95. The number of aromatic nitrogens is 3. The Balaban J connectivity index is 2.18. The van der Waals surface area contributed by atoms with E-state index in [0.717, 1.165) is 15.7 Å². The van der Waals surface area contributed by atoms with Gasteiger partial charge in [-0.05, 0) is 40.3 Å². The summed E-state index contributed by atoms with van der Waals surface area (Å²) in [6.45, 7) is 0.732. The van der Waals surface area contributed by atoms with Gasteiger partial charge in [-0.25, -0.2) is 4.98 Å². The summed E-state index contributed by atoms with van der Waals surface area (Å²) in [5, 5.41) is 4.19. The molecule has 0 saturated heterocycles. The van der Waals surface area contributed by atoms with Crippen LogP contribution in [-0.4, -0.2) is 14.8 Å². The SMILES string of the molecule is Nc1cc(Cn2cc(I)cn2)ccn1. The first kappa shape index (κ1) is 9.45. The molecule has 5 heteroatoms. The van der Waals surface area contributed by atoms with Crippen LogP contribution in [0.15, 0.2) is 30.7 Å². The third-order valence-corrected chi connectivity index (χ3v) is 2.35. The molecule has 2 aromatic rings. The van der Waals surface area contributed by atoms with E-state index in [9.17, 15) is 0 Å². The molecule has 0 aliphatic carbocycles. The number of hydrogen-bond donors (Lipinski definition) is 1. The largest absolute Gasteiger partial charge is 0.384 e. The normalized spacial score (nSPS) is 10.4. The fourth-order valence-electron chi connectivity index (χ4n) is 1.20. The molecule has 2 rings (SSSR count). The summed E-state index contributed by atoms with van der Waals surface area (Å²) in [6, 6.07) is 3.79. The maximum Gasteiger partial charge on any atom is 0.123 e. The standard InChI is InChI=1S/C9H9IN4/c10-8-4-13-14(6-8)5-7-1-2-12-9(11)3-7/h1-4,6H,5H2,(H2,11,12). The van der Waals surface area contributed by atoms with Crippen molar-refractivity contribution in [3.8, 4) is 0 Å². The average molecular weight is 300 g/mol. The van der Waals surface area contributed by atoms with E-state index in [0.29, 0.717) is 5.82 Å². The second-order valence-electron chi connectivity index (χ2n) is 2.95. The highest BCUT2D eigenvalue weighted by atomic mass is 127. The van der Waals surface area contributed by atoms with Crippen molar-refractivity contribution < 1.29 is 0 Å². The molecule has 0 spiro atoms. The van der Waals surface area contributed by atoms with Gasteiger partial charge in [0.15, 0.2) is 0 Å². The monoisotopic (exact) mass is 300 g/mol. The molecule has 2 aromatic heterocycles. The number of halogens is 1. The number of nitrogens with zero attached hydrogens (tertiary/aromatic N) is 3. The van der Waals surface area contributed by atoms with E-state index >= 15 is 0 Å². The maximum atomic E-state index is 5.58. The van der Waals surface area contributed by atoms with Crippen molar-refractivity contribution in [2.45, 2.75) is 6.54 Å². The lowest BCUT2D eigenvalue weighted by atomic mass is 10.2. The summed E-state index contributed by atoms with van der Waals surface area (Å²) < 4.78 is 3.00. The molecule has 4 nitrogen and oxygen atoms in total. The smallest absolute Gasteiger partial charge is 0.123 e. The van der Waals surface area contributed by atoms with Crippen LogP contribution in [-0.2, 0) is 6.54 Å². The van der Waals surface area contributed by atoms with Crippen LogP contribution in [0.3, 0.4) is 0 Å². The van der Waals surface area contributed by atoms with Crippen LogP contribution in [0.2, 0.25) is 0 Å². The van der Waals surface area contributed by atoms with Gasteiger partial charge in [0.1, 0.15) is 5.82 Å². The number of anilines is 1. The third kappa shape index (κ3) is 2.22. The fourth-order valence-corrected chi connectivity index (χ4v) is 1.65. The summed E-state index contributed by atoms with van der Waals surface area (Å²) in [6.07, 6.45) is 5.52. The van der Waals surface area contributed by atoms with Crippen LogP contribution in [0.25, 0.3) is 0 Å². The lowest BCUT2D eigenvalue weighted by molar-refractivity contribution is 0.686. The van der Waals surface area contributed by atoms with Crippen LogP contribution in [0.4, 0.5) is 5.82 Å². The van der Waals surface area contributed by atoms with E-state index in [1.807, 2.05) is 29.2 Å². The van der Waals surface area contributed by atoms with Crippen LogP contribution in [0.1, 0.15) is 5.56 Å². The molecular weight excluding hydrogens is 291 g/mol. The molecule has 2 N–H and O–H groups in total. The first-order valence-corrected chi connectivity index (χ1v) is 5.20. The second-order valence-corrected chi connectivity index (χ2v) is 4.19. The van der Waals surface area contributed by atoms with Crippen LogP contribution in [0, 0.1) is 3.57 Å².